The van der Waals surface area contributed by atoms with Gasteiger partial charge in [-0.05, 0) is 80.0 Å². The first-order valence-corrected chi connectivity index (χ1v) is 13.1. The summed E-state index contributed by atoms with van der Waals surface area (Å²) in [5.74, 6) is -0.255. The van der Waals surface area contributed by atoms with Gasteiger partial charge in [0.25, 0.3) is 11.5 Å². The maximum absolute atomic E-state index is 13.6. The van der Waals surface area contributed by atoms with E-state index >= 15 is 0 Å². The maximum Gasteiger partial charge on any atom is 0.275 e. The summed E-state index contributed by atoms with van der Waals surface area (Å²) in [5, 5.41) is 19.0. The molecular formula is C29H30ClFN4O3. The zero-order valence-electron chi connectivity index (χ0n) is 21.7. The minimum Gasteiger partial charge on any atom is -0.388 e. The second-order valence-corrected chi connectivity index (χ2v) is 11.2. The van der Waals surface area contributed by atoms with Crippen LogP contribution in [0.1, 0.15) is 85.5 Å². The SMILES string of the molecule is CC(C)c1c(C(=O)NC(c2ccc(F)cc2)C(C)(C)O)cn2nc(-c3ccc(Cl)c(C4CC4)c3)[nH]c(=O)c12. The molecule has 2 heterocycles. The van der Waals surface area contributed by atoms with Gasteiger partial charge in [-0.15, -0.1) is 5.10 Å². The Kier molecular flexibility index (Phi) is 6.65. The number of fused-ring (bicyclic) bond motifs is 1. The summed E-state index contributed by atoms with van der Waals surface area (Å²) in [6.45, 7) is 6.94. The Morgan fingerprint density at radius 3 is 2.50 bits per heavy atom. The van der Waals surface area contributed by atoms with Crippen LogP contribution in [0.4, 0.5) is 4.39 Å². The minimum absolute atomic E-state index is 0.169. The Bertz CT molecular complexity index is 1580. The van der Waals surface area contributed by atoms with Crippen molar-refractivity contribution in [2.75, 3.05) is 0 Å². The molecular weight excluding hydrogens is 507 g/mol. The fourth-order valence-corrected chi connectivity index (χ4v) is 5.21. The predicted molar refractivity (Wildman–Crippen MR) is 145 cm³/mol. The highest BCUT2D eigenvalue weighted by molar-refractivity contribution is 6.31. The third-order valence-electron chi connectivity index (χ3n) is 6.97. The number of halogens is 2. The van der Waals surface area contributed by atoms with E-state index in [9.17, 15) is 19.1 Å². The van der Waals surface area contributed by atoms with Gasteiger partial charge in [-0.25, -0.2) is 8.91 Å². The van der Waals surface area contributed by atoms with Crippen LogP contribution < -0.4 is 10.9 Å². The van der Waals surface area contributed by atoms with Crippen LogP contribution in [-0.2, 0) is 0 Å². The normalized spacial score (nSPS) is 14.7. The highest BCUT2D eigenvalue weighted by atomic mass is 35.5. The van der Waals surface area contributed by atoms with E-state index in [0.29, 0.717) is 27.9 Å². The quantitative estimate of drug-likeness (QED) is 0.281. The maximum atomic E-state index is 13.6. The Balaban J connectivity index is 1.57. The van der Waals surface area contributed by atoms with Crippen molar-refractivity contribution in [2.24, 2.45) is 0 Å². The van der Waals surface area contributed by atoms with E-state index in [0.717, 1.165) is 24.0 Å². The summed E-state index contributed by atoms with van der Waals surface area (Å²) in [4.78, 5) is 29.8. The molecule has 5 rings (SSSR count). The monoisotopic (exact) mass is 536 g/mol. The van der Waals surface area contributed by atoms with E-state index in [2.05, 4.69) is 15.4 Å². The average molecular weight is 537 g/mol. The molecule has 1 unspecified atom stereocenters. The Labute approximate surface area is 224 Å². The van der Waals surface area contributed by atoms with Crippen molar-refractivity contribution in [2.45, 2.75) is 64.0 Å². The number of carbonyl (C=O) groups excluding carboxylic acids is 1. The molecule has 1 fully saturated rings. The van der Waals surface area contributed by atoms with Gasteiger partial charge in [0.2, 0.25) is 0 Å². The van der Waals surface area contributed by atoms with Crippen LogP contribution in [0, 0.1) is 5.82 Å². The lowest BCUT2D eigenvalue weighted by Crippen LogP contribution is -2.42. The molecule has 9 heteroatoms. The lowest BCUT2D eigenvalue weighted by Gasteiger charge is -2.30. The Morgan fingerprint density at radius 2 is 1.89 bits per heavy atom. The number of nitrogens with one attached hydrogen (secondary N) is 2. The van der Waals surface area contributed by atoms with Gasteiger partial charge in [0.05, 0.1) is 17.2 Å². The van der Waals surface area contributed by atoms with E-state index in [1.807, 2.05) is 32.0 Å². The molecule has 1 saturated carbocycles. The summed E-state index contributed by atoms with van der Waals surface area (Å²) in [7, 11) is 0. The summed E-state index contributed by atoms with van der Waals surface area (Å²) >= 11 is 6.39. The van der Waals surface area contributed by atoms with Crippen LogP contribution in [0.15, 0.2) is 53.5 Å². The van der Waals surface area contributed by atoms with E-state index in [-0.39, 0.29) is 22.6 Å². The number of amides is 1. The molecule has 0 saturated heterocycles. The number of benzene rings is 2. The highest BCUT2D eigenvalue weighted by Crippen LogP contribution is 2.44. The summed E-state index contributed by atoms with van der Waals surface area (Å²) in [5.41, 5.74) is 1.73. The first-order valence-electron chi connectivity index (χ1n) is 12.7. The molecule has 1 atom stereocenters. The van der Waals surface area contributed by atoms with E-state index in [4.69, 9.17) is 11.6 Å². The molecule has 0 bridgehead atoms. The fourth-order valence-electron chi connectivity index (χ4n) is 4.94. The van der Waals surface area contributed by atoms with Crippen molar-refractivity contribution in [1.82, 2.24) is 19.9 Å². The molecule has 3 N–H and O–H groups in total. The van der Waals surface area contributed by atoms with Gasteiger partial charge in [-0.1, -0.05) is 37.6 Å². The number of aliphatic hydroxyl groups is 1. The first kappa shape index (κ1) is 26.1. The van der Waals surface area contributed by atoms with Crippen LogP contribution >= 0.6 is 11.6 Å². The second-order valence-electron chi connectivity index (χ2n) is 10.8. The van der Waals surface area contributed by atoms with Crippen LogP contribution in [0.25, 0.3) is 16.9 Å². The van der Waals surface area contributed by atoms with Crippen LogP contribution in [0.3, 0.4) is 0 Å². The van der Waals surface area contributed by atoms with Gasteiger partial charge < -0.3 is 15.4 Å². The molecule has 2 aromatic heterocycles. The van der Waals surface area contributed by atoms with Gasteiger partial charge >= 0.3 is 0 Å². The first-order chi connectivity index (χ1) is 17.9. The molecule has 4 aromatic rings. The van der Waals surface area contributed by atoms with Gasteiger partial charge in [-0.2, -0.15) is 0 Å². The van der Waals surface area contributed by atoms with Crippen LogP contribution in [0.2, 0.25) is 5.02 Å². The highest BCUT2D eigenvalue weighted by Gasteiger charge is 2.32. The molecule has 1 aliphatic carbocycles. The van der Waals surface area contributed by atoms with Gasteiger partial charge in [0, 0.05) is 22.3 Å². The van der Waals surface area contributed by atoms with E-state index in [1.165, 1.54) is 28.8 Å². The molecule has 38 heavy (non-hydrogen) atoms. The number of H-pyrrole nitrogens is 1. The lowest BCUT2D eigenvalue weighted by atomic mass is 9.91. The molecule has 0 aliphatic heterocycles. The summed E-state index contributed by atoms with van der Waals surface area (Å²) in [6.07, 6.45) is 3.72. The number of hydrogen-bond acceptors (Lipinski definition) is 4. The predicted octanol–water partition coefficient (Wildman–Crippen LogP) is 5.72. The minimum atomic E-state index is -1.35. The van der Waals surface area contributed by atoms with Crippen LogP contribution in [-0.4, -0.2) is 31.2 Å². The summed E-state index contributed by atoms with van der Waals surface area (Å²) in [6, 6.07) is 10.4. The lowest BCUT2D eigenvalue weighted by molar-refractivity contribution is 0.0343. The van der Waals surface area contributed by atoms with Crippen molar-refractivity contribution < 1.29 is 14.3 Å². The zero-order valence-corrected chi connectivity index (χ0v) is 22.4. The van der Waals surface area contributed by atoms with E-state index in [1.54, 1.807) is 20.0 Å². The van der Waals surface area contributed by atoms with Crippen molar-refractivity contribution in [3.8, 4) is 11.4 Å². The Morgan fingerprint density at radius 1 is 1.21 bits per heavy atom. The fraction of sp³-hybridized carbons (Fsp3) is 0.345. The number of carbonyl (C=O) groups is 1. The standard InChI is InChI=1S/C29H30ClFN4O3/c1-15(2)23-21(27(36)32-25(29(3,4)38)17-7-10-19(31)11-8-17)14-35-24(23)28(37)33-26(34-35)18-9-12-22(30)20(13-18)16-5-6-16/h7-16,25,38H,5-6H2,1-4H3,(H,32,36)(H,33,34,37). The molecule has 7 nitrogen and oxygen atoms in total. The third kappa shape index (κ3) is 4.98. The molecule has 1 aliphatic rings. The molecule has 2 aromatic carbocycles. The molecule has 1 amide bonds. The molecule has 198 valence electrons. The molecule has 0 spiro atoms. The van der Waals surface area contributed by atoms with Crippen molar-refractivity contribution in [1.29, 1.82) is 0 Å². The number of aromatic nitrogens is 3. The van der Waals surface area contributed by atoms with Crippen molar-refractivity contribution in [3.05, 3.63) is 92.1 Å². The average Bonchev–Trinajstić information content (AvgIpc) is 3.61. The van der Waals surface area contributed by atoms with E-state index < -0.39 is 23.4 Å². The number of aromatic amines is 1. The topological polar surface area (TPSA) is 99.5 Å². The third-order valence-corrected chi connectivity index (χ3v) is 7.32. The van der Waals surface area contributed by atoms with Gasteiger partial charge in [0.15, 0.2) is 5.82 Å². The van der Waals surface area contributed by atoms with Gasteiger partial charge in [-0.3, -0.25) is 9.59 Å². The largest absolute Gasteiger partial charge is 0.388 e. The van der Waals surface area contributed by atoms with Crippen LogP contribution in [0.5, 0.6) is 0 Å². The number of rotatable bonds is 7. The van der Waals surface area contributed by atoms with Gasteiger partial charge in [0.1, 0.15) is 11.3 Å². The molecule has 0 radical (unpaired) electrons. The smallest absolute Gasteiger partial charge is 0.275 e. The van der Waals surface area contributed by atoms with Crippen molar-refractivity contribution >= 4 is 23.0 Å². The second kappa shape index (κ2) is 9.67. The summed E-state index contributed by atoms with van der Waals surface area (Å²) < 4.78 is 15.0. The number of hydrogen-bond donors (Lipinski definition) is 3. The Hall–Kier alpha value is -3.49. The zero-order chi connectivity index (χ0) is 27.4. The van der Waals surface area contributed by atoms with Crippen molar-refractivity contribution in [3.63, 3.8) is 0 Å². The number of nitrogens with zero attached hydrogens (tertiary/aromatic N) is 2.